The molecule has 1 atom stereocenters. The number of nitrogens with one attached hydrogen (secondary N) is 1. The summed E-state index contributed by atoms with van der Waals surface area (Å²) in [4.78, 5) is 11.8. The summed E-state index contributed by atoms with van der Waals surface area (Å²) in [7, 11) is 1.40. The third kappa shape index (κ3) is 3.84. The molecule has 0 aromatic carbocycles. The molecule has 102 valence electrons. The Labute approximate surface area is 109 Å². The van der Waals surface area contributed by atoms with E-state index in [1.54, 1.807) is 6.20 Å². The molecule has 0 saturated heterocycles. The van der Waals surface area contributed by atoms with Gasteiger partial charge in [0.25, 0.3) is 0 Å². The molecule has 1 heterocycles. The van der Waals surface area contributed by atoms with Gasteiger partial charge >= 0.3 is 5.97 Å². The standard InChI is InChI=1S/C13H23N3O2/c1-9(2)6-14-12(13(17)18-5)11-7-15-16(8-11)10(3)4/h7-10,12,14H,6H2,1-5H3. The minimum Gasteiger partial charge on any atom is -0.468 e. The van der Waals surface area contributed by atoms with Crippen LogP contribution in [0.2, 0.25) is 0 Å². The topological polar surface area (TPSA) is 56.1 Å². The summed E-state index contributed by atoms with van der Waals surface area (Å²) in [6.07, 6.45) is 3.61. The van der Waals surface area contributed by atoms with Gasteiger partial charge in [0, 0.05) is 17.8 Å². The molecule has 5 nitrogen and oxygen atoms in total. The Bertz CT molecular complexity index is 385. The zero-order chi connectivity index (χ0) is 13.7. The van der Waals surface area contributed by atoms with Crippen LogP contribution >= 0.6 is 0 Å². The van der Waals surface area contributed by atoms with Gasteiger partial charge in [0.15, 0.2) is 0 Å². The van der Waals surface area contributed by atoms with Gasteiger partial charge in [0.1, 0.15) is 6.04 Å². The first-order chi connectivity index (χ1) is 8.45. The van der Waals surface area contributed by atoms with Crippen LogP contribution in [0.1, 0.15) is 45.3 Å². The van der Waals surface area contributed by atoms with E-state index in [4.69, 9.17) is 4.74 Å². The molecule has 0 aliphatic rings. The fraction of sp³-hybridized carbons (Fsp3) is 0.692. The number of ether oxygens (including phenoxy) is 1. The van der Waals surface area contributed by atoms with Crippen LogP contribution < -0.4 is 5.32 Å². The number of esters is 1. The van der Waals surface area contributed by atoms with Gasteiger partial charge in [0.05, 0.1) is 13.3 Å². The van der Waals surface area contributed by atoms with Crippen molar-refractivity contribution >= 4 is 5.97 Å². The summed E-state index contributed by atoms with van der Waals surface area (Å²) in [6, 6.07) is -0.160. The van der Waals surface area contributed by atoms with Crippen molar-refractivity contribution in [3.05, 3.63) is 18.0 Å². The fourth-order valence-corrected chi connectivity index (χ4v) is 1.59. The van der Waals surface area contributed by atoms with Gasteiger partial charge in [0.2, 0.25) is 0 Å². The molecule has 0 aliphatic heterocycles. The van der Waals surface area contributed by atoms with E-state index >= 15 is 0 Å². The Kier molecular flexibility index (Phi) is 5.34. The highest BCUT2D eigenvalue weighted by Gasteiger charge is 2.22. The van der Waals surface area contributed by atoms with E-state index in [1.807, 2.05) is 24.7 Å². The van der Waals surface area contributed by atoms with Crippen LogP contribution in [0.5, 0.6) is 0 Å². The molecule has 18 heavy (non-hydrogen) atoms. The van der Waals surface area contributed by atoms with Gasteiger partial charge in [-0.2, -0.15) is 5.10 Å². The molecule has 5 heteroatoms. The van der Waals surface area contributed by atoms with Gasteiger partial charge in [-0.3, -0.25) is 4.68 Å². The summed E-state index contributed by atoms with van der Waals surface area (Å²) in [6.45, 7) is 9.04. The van der Waals surface area contributed by atoms with Crippen LogP contribution in [-0.4, -0.2) is 29.4 Å². The van der Waals surface area contributed by atoms with Crippen LogP contribution in [0, 0.1) is 5.92 Å². The van der Waals surface area contributed by atoms with Gasteiger partial charge < -0.3 is 10.1 Å². The van der Waals surface area contributed by atoms with Crippen molar-refractivity contribution in [1.82, 2.24) is 15.1 Å². The van der Waals surface area contributed by atoms with Crippen molar-refractivity contribution in [1.29, 1.82) is 0 Å². The highest BCUT2D eigenvalue weighted by molar-refractivity contribution is 5.77. The molecule has 1 rings (SSSR count). The van der Waals surface area contributed by atoms with Crippen molar-refractivity contribution < 1.29 is 9.53 Å². The summed E-state index contributed by atoms with van der Waals surface area (Å²) < 4.78 is 6.67. The molecule has 0 saturated carbocycles. The number of carbonyl (C=O) groups excluding carboxylic acids is 1. The second-order valence-corrected chi connectivity index (χ2v) is 5.11. The number of hydrogen-bond acceptors (Lipinski definition) is 4. The first-order valence-corrected chi connectivity index (χ1v) is 6.31. The monoisotopic (exact) mass is 253 g/mol. The van der Waals surface area contributed by atoms with Gasteiger partial charge in [-0.05, 0) is 26.3 Å². The minimum absolute atomic E-state index is 0.279. The van der Waals surface area contributed by atoms with Crippen LogP contribution in [-0.2, 0) is 9.53 Å². The molecule has 1 unspecified atom stereocenters. The lowest BCUT2D eigenvalue weighted by molar-refractivity contribution is -0.143. The number of carbonyl (C=O) groups is 1. The molecular weight excluding hydrogens is 230 g/mol. The summed E-state index contributed by atoms with van der Waals surface area (Å²) >= 11 is 0. The van der Waals surface area contributed by atoms with Crippen molar-refractivity contribution in [3.8, 4) is 0 Å². The average molecular weight is 253 g/mol. The lowest BCUT2D eigenvalue weighted by Gasteiger charge is -2.16. The average Bonchev–Trinajstić information content (AvgIpc) is 2.78. The molecule has 0 radical (unpaired) electrons. The lowest BCUT2D eigenvalue weighted by atomic mass is 10.1. The number of methoxy groups -OCH3 is 1. The Morgan fingerprint density at radius 3 is 2.56 bits per heavy atom. The van der Waals surface area contributed by atoms with E-state index < -0.39 is 6.04 Å². The fourth-order valence-electron chi connectivity index (χ4n) is 1.59. The van der Waals surface area contributed by atoms with Crippen LogP contribution in [0.4, 0.5) is 0 Å². The second kappa shape index (κ2) is 6.54. The minimum atomic E-state index is -0.440. The van der Waals surface area contributed by atoms with Crippen molar-refractivity contribution in [2.24, 2.45) is 5.92 Å². The molecule has 1 N–H and O–H groups in total. The largest absolute Gasteiger partial charge is 0.468 e. The molecule has 0 bridgehead atoms. The molecule has 1 aromatic rings. The number of hydrogen-bond donors (Lipinski definition) is 1. The molecular formula is C13H23N3O2. The van der Waals surface area contributed by atoms with Crippen LogP contribution in [0.25, 0.3) is 0 Å². The van der Waals surface area contributed by atoms with E-state index in [0.29, 0.717) is 5.92 Å². The van der Waals surface area contributed by atoms with E-state index in [-0.39, 0.29) is 12.0 Å². The first-order valence-electron chi connectivity index (χ1n) is 6.31. The first kappa shape index (κ1) is 14.7. The Balaban J connectivity index is 2.83. The quantitative estimate of drug-likeness (QED) is 0.787. The number of aromatic nitrogens is 2. The zero-order valence-corrected chi connectivity index (χ0v) is 11.8. The summed E-state index contributed by atoms with van der Waals surface area (Å²) in [5.41, 5.74) is 0.844. The van der Waals surface area contributed by atoms with E-state index in [0.717, 1.165) is 12.1 Å². The van der Waals surface area contributed by atoms with Crippen molar-refractivity contribution in [2.45, 2.75) is 39.8 Å². The molecule has 0 amide bonds. The lowest BCUT2D eigenvalue weighted by Crippen LogP contribution is -2.32. The zero-order valence-electron chi connectivity index (χ0n) is 11.8. The molecule has 0 fully saturated rings. The predicted octanol–water partition coefficient (Wildman–Crippen LogP) is 1.92. The van der Waals surface area contributed by atoms with Gasteiger partial charge in [-0.15, -0.1) is 0 Å². The number of rotatable bonds is 6. The maximum absolute atomic E-state index is 11.8. The summed E-state index contributed by atoms with van der Waals surface area (Å²) in [5, 5.41) is 7.46. The normalized spacial score (nSPS) is 13.1. The maximum atomic E-state index is 11.8. The highest BCUT2D eigenvalue weighted by Crippen LogP contribution is 2.16. The SMILES string of the molecule is COC(=O)C(NCC(C)C)c1cnn(C(C)C)c1. The van der Waals surface area contributed by atoms with Crippen molar-refractivity contribution in [2.75, 3.05) is 13.7 Å². The van der Waals surface area contributed by atoms with Crippen LogP contribution in [0.3, 0.4) is 0 Å². The second-order valence-electron chi connectivity index (χ2n) is 5.11. The third-order valence-electron chi connectivity index (χ3n) is 2.65. The maximum Gasteiger partial charge on any atom is 0.327 e. The molecule has 0 aliphatic carbocycles. The van der Waals surface area contributed by atoms with E-state index in [2.05, 4.69) is 24.3 Å². The highest BCUT2D eigenvalue weighted by atomic mass is 16.5. The van der Waals surface area contributed by atoms with Crippen molar-refractivity contribution in [3.63, 3.8) is 0 Å². The molecule has 1 aromatic heterocycles. The smallest absolute Gasteiger partial charge is 0.327 e. The summed E-state index contributed by atoms with van der Waals surface area (Å²) in [5.74, 6) is 0.191. The van der Waals surface area contributed by atoms with Crippen LogP contribution in [0.15, 0.2) is 12.4 Å². The third-order valence-corrected chi connectivity index (χ3v) is 2.65. The Morgan fingerprint density at radius 1 is 1.44 bits per heavy atom. The Hall–Kier alpha value is -1.36. The Morgan fingerprint density at radius 2 is 2.11 bits per heavy atom. The predicted molar refractivity (Wildman–Crippen MR) is 70.2 cm³/mol. The van der Waals surface area contributed by atoms with E-state index in [9.17, 15) is 4.79 Å². The molecule has 0 spiro atoms. The van der Waals surface area contributed by atoms with Gasteiger partial charge in [-0.25, -0.2) is 4.79 Å². The number of nitrogens with zero attached hydrogens (tertiary/aromatic N) is 2. The van der Waals surface area contributed by atoms with E-state index in [1.165, 1.54) is 7.11 Å². The van der Waals surface area contributed by atoms with Gasteiger partial charge in [-0.1, -0.05) is 13.8 Å².